The van der Waals surface area contributed by atoms with E-state index in [0.29, 0.717) is 13.0 Å². The van der Waals surface area contributed by atoms with Crippen LogP contribution in [0.15, 0.2) is 0 Å². The fourth-order valence-electron chi connectivity index (χ4n) is 2.21. The van der Waals surface area contributed by atoms with Crippen LogP contribution in [-0.4, -0.2) is 36.1 Å². The number of amides is 1. The summed E-state index contributed by atoms with van der Waals surface area (Å²) in [6.45, 7) is 6.90. The SMILES string of the molecule is COC[C@H]1CCCC(=O)N1C(C)(C)C. The maximum Gasteiger partial charge on any atom is 0.223 e. The molecule has 1 fully saturated rings. The van der Waals surface area contributed by atoms with Crippen molar-refractivity contribution < 1.29 is 9.53 Å². The van der Waals surface area contributed by atoms with Gasteiger partial charge < -0.3 is 9.64 Å². The molecule has 0 aliphatic carbocycles. The molecule has 1 aliphatic rings. The van der Waals surface area contributed by atoms with E-state index in [4.69, 9.17) is 4.74 Å². The molecule has 0 bridgehead atoms. The Morgan fingerprint density at radius 3 is 2.64 bits per heavy atom. The van der Waals surface area contributed by atoms with E-state index in [2.05, 4.69) is 20.8 Å². The van der Waals surface area contributed by atoms with Gasteiger partial charge in [-0.05, 0) is 33.6 Å². The number of carbonyl (C=O) groups is 1. The van der Waals surface area contributed by atoms with Crippen LogP contribution in [0.4, 0.5) is 0 Å². The molecule has 3 heteroatoms. The minimum atomic E-state index is -0.0826. The van der Waals surface area contributed by atoms with Crippen LogP contribution in [0.25, 0.3) is 0 Å². The summed E-state index contributed by atoms with van der Waals surface area (Å²) in [5, 5.41) is 0. The lowest BCUT2D eigenvalue weighted by Crippen LogP contribution is -2.55. The molecule has 1 atom stereocenters. The molecule has 14 heavy (non-hydrogen) atoms. The van der Waals surface area contributed by atoms with Gasteiger partial charge in [-0.2, -0.15) is 0 Å². The minimum absolute atomic E-state index is 0.0826. The van der Waals surface area contributed by atoms with Gasteiger partial charge in [0.1, 0.15) is 0 Å². The Morgan fingerprint density at radius 1 is 1.50 bits per heavy atom. The molecule has 1 amide bonds. The first-order valence-electron chi connectivity index (χ1n) is 5.28. The summed E-state index contributed by atoms with van der Waals surface area (Å²) in [5.74, 6) is 0.269. The monoisotopic (exact) mass is 199 g/mol. The quantitative estimate of drug-likeness (QED) is 0.679. The van der Waals surface area contributed by atoms with Crippen molar-refractivity contribution in [2.24, 2.45) is 0 Å². The number of likely N-dealkylation sites (tertiary alicyclic amines) is 1. The highest BCUT2D eigenvalue weighted by Crippen LogP contribution is 2.26. The van der Waals surface area contributed by atoms with Crippen LogP contribution >= 0.6 is 0 Å². The molecule has 0 N–H and O–H groups in total. The van der Waals surface area contributed by atoms with Gasteiger partial charge in [-0.25, -0.2) is 0 Å². The van der Waals surface area contributed by atoms with Gasteiger partial charge in [-0.3, -0.25) is 4.79 Å². The van der Waals surface area contributed by atoms with Crippen LogP contribution in [-0.2, 0) is 9.53 Å². The number of methoxy groups -OCH3 is 1. The number of hydrogen-bond acceptors (Lipinski definition) is 2. The number of carbonyl (C=O) groups excluding carboxylic acids is 1. The first kappa shape index (κ1) is 11.5. The largest absolute Gasteiger partial charge is 0.383 e. The normalized spacial score (nSPS) is 24.1. The Labute approximate surface area is 86.4 Å². The van der Waals surface area contributed by atoms with E-state index in [1.54, 1.807) is 7.11 Å². The first-order valence-corrected chi connectivity index (χ1v) is 5.28. The molecule has 0 radical (unpaired) electrons. The summed E-state index contributed by atoms with van der Waals surface area (Å²) in [5.41, 5.74) is -0.0826. The summed E-state index contributed by atoms with van der Waals surface area (Å²) in [4.78, 5) is 13.8. The Hall–Kier alpha value is -0.570. The van der Waals surface area contributed by atoms with Crippen molar-refractivity contribution in [3.05, 3.63) is 0 Å². The second kappa shape index (κ2) is 4.30. The summed E-state index contributed by atoms with van der Waals surface area (Å²) in [7, 11) is 1.69. The molecule has 0 unspecified atom stereocenters. The topological polar surface area (TPSA) is 29.5 Å². The second-order valence-corrected chi connectivity index (χ2v) is 4.94. The molecular formula is C11H21NO2. The van der Waals surface area contributed by atoms with Gasteiger partial charge in [0.2, 0.25) is 5.91 Å². The predicted molar refractivity (Wildman–Crippen MR) is 56.1 cm³/mol. The third kappa shape index (κ3) is 2.47. The maximum atomic E-state index is 11.8. The van der Waals surface area contributed by atoms with Gasteiger partial charge in [-0.15, -0.1) is 0 Å². The number of ether oxygens (including phenoxy) is 1. The van der Waals surface area contributed by atoms with Crippen molar-refractivity contribution in [2.75, 3.05) is 13.7 Å². The second-order valence-electron chi connectivity index (χ2n) is 4.94. The molecule has 0 spiro atoms. The number of piperidine rings is 1. The van der Waals surface area contributed by atoms with Crippen molar-refractivity contribution >= 4 is 5.91 Å². The maximum absolute atomic E-state index is 11.8. The van der Waals surface area contributed by atoms with Crippen molar-refractivity contribution in [2.45, 2.75) is 51.6 Å². The molecule has 1 aliphatic heterocycles. The van der Waals surface area contributed by atoms with E-state index >= 15 is 0 Å². The van der Waals surface area contributed by atoms with E-state index in [0.717, 1.165) is 12.8 Å². The van der Waals surface area contributed by atoms with Crippen LogP contribution in [0.3, 0.4) is 0 Å². The van der Waals surface area contributed by atoms with Gasteiger partial charge in [0.05, 0.1) is 12.6 Å². The molecule has 0 saturated carbocycles. The average Bonchev–Trinajstić information content (AvgIpc) is 2.02. The molecular weight excluding hydrogens is 178 g/mol. The Balaban J connectivity index is 2.76. The molecule has 1 saturated heterocycles. The van der Waals surface area contributed by atoms with Crippen molar-refractivity contribution in [1.82, 2.24) is 4.90 Å². The third-order valence-electron chi connectivity index (χ3n) is 2.64. The molecule has 0 aromatic heterocycles. The van der Waals surface area contributed by atoms with Crippen molar-refractivity contribution in [1.29, 1.82) is 0 Å². The smallest absolute Gasteiger partial charge is 0.223 e. The fourth-order valence-corrected chi connectivity index (χ4v) is 2.21. The number of nitrogens with zero attached hydrogens (tertiary/aromatic N) is 1. The van der Waals surface area contributed by atoms with Crippen LogP contribution in [0, 0.1) is 0 Å². The Kier molecular flexibility index (Phi) is 3.53. The zero-order valence-electron chi connectivity index (χ0n) is 9.67. The molecule has 0 aromatic rings. The van der Waals surface area contributed by atoms with Crippen LogP contribution in [0.2, 0.25) is 0 Å². The van der Waals surface area contributed by atoms with Gasteiger partial charge in [-0.1, -0.05) is 0 Å². The van der Waals surface area contributed by atoms with E-state index in [9.17, 15) is 4.79 Å². The molecule has 3 nitrogen and oxygen atoms in total. The average molecular weight is 199 g/mol. The number of rotatable bonds is 2. The standard InChI is InChI=1S/C11H21NO2/c1-11(2,3)12-9(8-14-4)6-5-7-10(12)13/h9H,5-8H2,1-4H3/t9-/m1/s1. The van der Waals surface area contributed by atoms with Gasteiger partial charge >= 0.3 is 0 Å². The van der Waals surface area contributed by atoms with Gasteiger partial charge in [0, 0.05) is 19.1 Å². The molecule has 1 heterocycles. The highest BCUT2D eigenvalue weighted by atomic mass is 16.5. The van der Waals surface area contributed by atoms with Crippen LogP contribution < -0.4 is 0 Å². The fraction of sp³-hybridized carbons (Fsp3) is 0.909. The van der Waals surface area contributed by atoms with Crippen LogP contribution in [0.1, 0.15) is 40.0 Å². The highest BCUT2D eigenvalue weighted by Gasteiger charge is 2.35. The Bertz CT molecular complexity index is 206. The van der Waals surface area contributed by atoms with E-state index in [-0.39, 0.29) is 17.5 Å². The summed E-state index contributed by atoms with van der Waals surface area (Å²) >= 11 is 0. The van der Waals surface area contributed by atoms with Crippen LogP contribution in [0.5, 0.6) is 0 Å². The predicted octanol–water partition coefficient (Wildman–Crippen LogP) is 1.81. The molecule has 82 valence electrons. The zero-order valence-corrected chi connectivity index (χ0v) is 9.67. The minimum Gasteiger partial charge on any atom is -0.383 e. The lowest BCUT2D eigenvalue weighted by atomic mass is 9.94. The van der Waals surface area contributed by atoms with Crippen molar-refractivity contribution in [3.63, 3.8) is 0 Å². The van der Waals surface area contributed by atoms with E-state index in [1.807, 2.05) is 4.90 Å². The first-order chi connectivity index (χ1) is 6.46. The lowest BCUT2D eigenvalue weighted by molar-refractivity contribution is -0.144. The lowest BCUT2D eigenvalue weighted by Gasteiger charge is -2.44. The van der Waals surface area contributed by atoms with Crippen molar-refractivity contribution in [3.8, 4) is 0 Å². The van der Waals surface area contributed by atoms with E-state index in [1.165, 1.54) is 0 Å². The van der Waals surface area contributed by atoms with Gasteiger partial charge in [0.15, 0.2) is 0 Å². The summed E-state index contributed by atoms with van der Waals surface area (Å²) < 4.78 is 5.16. The number of hydrogen-bond donors (Lipinski definition) is 0. The summed E-state index contributed by atoms with van der Waals surface area (Å²) in [6.07, 6.45) is 2.76. The Morgan fingerprint density at radius 2 is 2.14 bits per heavy atom. The molecule has 1 rings (SSSR count). The zero-order chi connectivity index (χ0) is 10.8. The molecule has 0 aromatic carbocycles. The van der Waals surface area contributed by atoms with E-state index < -0.39 is 0 Å². The van der Waals surface area contributed by atoms with Gasteiger partial charge in [0.25, 0.3) is 0 Å². The third-order valence-corrected chi connectivity index (χ3v) is 2.64. The summed E-state index contributed by atoms with van der Waals surface area (Å²) in [6, 6.07) is 0.265. The highest BCUT2D eigenvalue weighted by molar-refractivity contribution is 5.78.